The maximum atomic E-state index is 13.2. The first-order chi connectivity index (χ1) is 13.9. The fraction of sp³-hybridized carbons (Fsp3) is 0.200. The van der Waals surface area contributed by atoms with E-state index in [0.29, 0.717) is 12.1 Å². The maximum absolute atomic E-state index is 13.2. The largest absolute Gasteiger partial charge is 0.469 e. The van der Waals surface area contributed by atoms with Crippen LogP contribution in [0.1, 0.15) is 16.7 Å². The van der Waals surface area contributed by atoms with Crippen molar-refractivity contribution in [3.05, 3.63) is 69.6 Å². The standard InChI is InChI=1S/C20H12F6O4/c1-29-16(27)9-14-17(10-2-4-11(5-3-10)19(21,22)23)13-8-12(20(24,25)26)6-7-15(13)30-18(14)28/h2-8H,9H2,1H3. The molecule has 0 spiro atoms. The molecule has 0 aliphatic rings. The molecule has 1 heterocycles. The van der Waals surface area contributed by atoms with Crippen molar-refractivity contribution in [1.29, 1.82) is 0 Å². The van der Waals surface area contributed by atoms with Gasteiger partial charge in [0, 0.05) is 10.9 Å². The van der Waals surface area contributed by atoms with Crippen LogP contribution < -0.4 is 5.63 Å². The van der Waals surface area contributed by atoms with E-state index in [1.807, 2.05) is 0 Å². The van der Waals surface area contributed by atoms with E-state index < -0.39 is 41.5 Å². The highest BCUT2D eigenvalue weighted by Gasteiger charge is 2.32. The number of hydrogen-bond acceptors (Lipinski definition) is 4. The monoisotopic (exact) mass is 430 g/mol. The van der Waals surface area contributed by atoms with Crippen molar-refractivity contribution in [2.75, 3.05) is 7.11 Å². The molecule has 0 saturated carbocycles. The predicted octanol–water partition coefficient (Wildman–Crippen LogP) is 5.21. The molecule has 0 bridgehead atoms. The van der Waals surface area contributed by atoms with E-state index in [4.69, 9.17) is 4.42 Å². The molecule has 158 valence electrons. The summed E-state index contributed by atoms with van der Waals surface area (Å²) in [5.74, 6) is -0.873. The van der Waals surface area contributed by atoms with Gasteiger partial charge in [0.25, 0.3) is 0 Å². The molecule has 4 nitrogen and oxygen atoms in total. The molecule has 3 rings (SSSR count). The lowest BCUT2D eigenvalue weighted by Gasteiger charge is -2.14. The number of hydrogen-bond donors (Lipinski definition) is 0. The lowest BCUT2D eigenvalue weighted by molar-refractivity contribution is -0.140. The molecule has 0 saturated heterocycles. The van der Waals surface area contributed by atoms with Crippen LogP contribution in [0.25, 0.3) is 22.1 Å². The summed E-state index contributed by atoms with van der Waals surface area (Å²) in [5.41, 5.74) is -3.71. The van der Waals surface area contributed by atoms with Gasteiger partial charge in [0.05, 0.1) is 30.2 Å². The summed E-state index contributed by atoms with van der Waals surface area (Å²) in [6, 6.07) is 5.84. The summed E-state index contributed by atoms with van der Waals surface area (Å²) in [5, 5.41) is -0.178. The molecule has 0 fully saturated rings. The Kier molecular flexibility index (Phi) is 5.36. The van der Waals surface area contributed by atoms with Crippen LogP contribution in [-0.2, 0) is 28.3 Å². The highest BCUT2D eigenvalue weighted by atomic mass is 19.4. The quantitative estimate of drug-likeness (QED) is 0.325. The summed E-state index contributed by atoms with van der Waals surface area (Å²) in [6.45, 7) is 0. The predicted molar refractivity (Wildman–Crippen MR) is 93.6 cm³/mol. The Morgan fingerprint density at radius 1 is 0.933 bits per heavy atom. The normalized spacial score (nSPS) is 12.2. The van der Waals surface area contributed by atoms with E-state index in [9.17, 15) is 35.9 Å². The third kappa shape index (κ3) is 4.17. The highest BCUT2D eigenvalue weighted by Crippen LogP contribution is 2.37. The van der Waals surface area contributed by atoms with Crippen molar-refractivity contribution in [3.63, 3.8) is 0 Å². The number of benzene rings is 2. The Bertz CT molecular complexity index is 1160. The van der Waals surface area contributed by atoms with Crippen LogP contribution in [0.15, 0.2) is 51.7 Å². The van der Waals surface area contributed by atoms with Gasteiger partial charge < -0.3 is 9.15 Å². The van der Waals surface area contributed by atoms with Crippen LogP contribution in [0.3, 0.4) is 0 Å². The number of fused-ring (bicyclic) bond motifs is 1. The maximum Gasteiger partial charge on any atom is 0.416 e. The zero-order valence-electron chi connectivity index (χ0n) is 15.1. The number of rotatable bonds is 3. The second-order valence-corrected chi connectivity index (χ2v) is 6.28. The van der Waals surface area contributed by atoms with Crippen molar-refractivity contribution >= 4 is 16.9 Å². The summed E-state index contributed by atoms with van der Waals surface area (Å²) in [7, 11) is 1.05. The minimum Gasteiger partial charge on any atom is -0.469 e. The van der Waals surface area contributed by atoms with Crippen LogP contribution in [-0.4, -0.2) is 13.1 Å². The molecule has 0 radical (unpaired) electrons. The van der Waals surface area contributed by atoms with Gasteiger partial charge in [-0.25, -0.2) is 4.79 Å². The lowest BCUT2D eigenvalue weighted by Crippen LogP contribution is -2.16. The molecule has 0 amide bonds. The third-order valence-electron chi connectivity index (χ3n) is 4.38. The minimum absolute atomic E-state index is 0.0131. The van der Waals surface area contributed by atoms with Gasteiger partial charge >= 0.3 is 23.9 Å². The lowest BCUT2D eigenvalue weighted by atomic mass is 9.94. The summed E-state index contributed by atoms with van der Waals surface area (Å²) < 4.78 is 87.7. The molecule has 0 atom stereocenters. The Hall–Kier alpha value is -3.30. The molecular weight excluding hydrogens is 418 g/mol. The number of halogens is 6. The molecule has 0 N–H and O–H groups in total. The van der Waals surface area contributed by atoms with Crippen molar-refractivity contribution in [2.24, 2.45) is 0 Å². The fourth-order valence-corrected chi connectivity index (χ4v) is 2.95. The smallest absolute Gasteiger partial charge is 0.416 e. The highest BCUT2D eigenvalue weighted by molar-refractivity contribution is 5.96. The zero-order chi connectivity index (χ0) is 22.3. The topological polar surface area (TPSA) is 56.5 Å². The van der Waals surface area contributed by atoms with E-state index in [1.54, 1.807) is 0 Å². The van der Waals surface area contributed by atoms with Crippen LogP contribution >= 0.6 is 0 Å². The van der Waals surface area contributed by atoms with Gasteiger partial charge in [-0.1, -0.05) is 12.1 Å². The average Bonchev–Trinajstić information content (AvgIpc) is 2.66. The molecule has 0 aliphatic heterocycles. The van der Waals surface area contributed by atoms with Gasteiger partial charge in [-0.3, -0.25) is 4.79 Å². The summed E-state index contributed by atoms with van der Waals surface area (Å²) >= 11 is 0. The van der Waals surface area contributed by atoms with E-state index >= 15 is 0 Å². The second kappa shape index (κ2) is 7.51. The van der Waals surface area contributed by atoms with Gasteiger partial charge in [-0.05, 0) is 35.9 Å². The molecule has 0 unspecified atom stereocenters. The average molecular weight is 430 g/mol. The fourth-order valence-electron chi connectivity index (χ4n) is 2.95. The first-order valence-electron chi connectivity index (χ1n) is 8.33. The van der Waals surface area contributed by atoms with Gasteiger partial charge in [0.1, 0.15) is 5.58 Å². The summed E-state index contributed by atoms with van der Waals surface area (Å²) in [6.07, 6.45) is -9.99. The van der Waals surface area contributed by atoms with E-state index in [0.717, 1.165) is 37.4 Å². The Morgan fingerprint density at radius 2 is 1.50 bits per heavy atom. The summed E-state index contributed by atoms with van der Waals surface area (Å²) in [4.78, 5) is 24.1. The number of methoxy groups -OCH3 is 1. The molecule has 2 aromatic carbocycles. The van der Waals surface area contributed by atoms with Gasteiger partial charge in [-0.15, -0.1) is 0 Å². The van der Waals surface area contributed by atoms with Gasteiger partial charge in [0.15, 0.2) is 0 Å². The van der Waals surface area contributed by atoms with Crippen LogP contribution in [0.2, 0.25) is 0 Å². The van der Waals surface area contributed by atoms with Gasteiger partial charge in [-0.2, -0.15) is 26.3 Å². The number of ether oxygens (including phenoxy) is 1. The first-order valence-corrected chi connectivity index (χ1v) is 8.33. The number of esters is 1. The third-order valence-corrected chi connectivity index (χ3v) is 4.38. The van der Waals surface area contributed by atoms with Crippen molar-refractivity contribution in [2.45, 2.75) is 18.8 Å². The SMILES string of the molecule is COC(=O)Cc1c(-c2ccc(C(F)(F)F)cc2)c2cc(C(F)(F)F)ccc2oc1=O. The Labute approximate surface area is 164 Å². The van der Waals surface area contributed by atoms with Crippen LogP contribution in [0, 0.1) is 0 Å². The Balaban J connectivity index is 2.35. The van der Waals surface area contributed by atoms with E-state index in [-0.39, 0.29) is 27.7 Å². The molecule has 1 aromatic heterocycles. The molecular formula is C20H12F6O4. The number of carbonyl (C=O) groups is 1. The first kappa shape index (κ1) is 21.4. The van der Waals surface area contributed by atoms with Gasteiger partial charge in [0.2, 0.25) is 0 Å². The molecule has 30 heavy (non-hydrogen) atoms. The van der Waals surface area contributed by atoms with Crippen molar-refractivity contribution in [3.8, 4) is 11.1 Å². The Morgan fingerprint density at radius 3 is 2.03 bits per heavy atom. The second-order valence-electron chi connectivity index (χ2n) is 6.28. The molecule has 0 aliphatic carbocycles. The van der Waals surface area contributed by atoms with Crippen LogP contribution in [0.4, 0.5) is 26.3 Å². The zero-order valence-corrected chi connectivity index (χ0v) is 15.1. The van der Waals surface area contributed by atoms with E-state index in [1.165, 1.54) is 0 Å². The number of alkyl halides is 6. The minimum atomic E-state index is -4.72. The van der Waals surface area contributed by atoms with Crippen molar-refractivity contribution < 1.29 is 40.3 Å². The van der Waals surface area contributed by atoms with Crippen molar-refractivity contribution in [1.82, 2.24) is 0 Å². The number of carbonyl (C=O) groups excluding carboxylic acids is 1. The van der Waals surface area contributed by atoms with E-state index in [2.05, 4.69) is 4.74 Å². The molecule has 10 heteroatoms. The molecule has 3 aromatic rings. The van der Waals surface area contributed by atoms with Crippen LogP contribution in [0.5, 0.6) is 0 Å².